The van der Waals surface area contributed by atoms with Crippen molar-refractivity contribution in [1.29, 1.82) is 5.26 Å². The average Bonchev–Trinajstić information content (AvgIpc) is 2.09. The lowest BCUT2D eigenvalue weighted by atomic mass is 10.0. The summed E-state index contributed by atoms with van der Waals surface area (Å²) in [6, 6.07) is 1.98. The quantitative estimate of drug-likeness (QED) is 0.477. The summed E-state index contributed by atoms with van der Waals surface area (Å²) in [4.78, 5) is 7.25. The Balaban J connectivity index is 3.34. The number of aliphatic imine (C=N–C) groups is 2. The normalized spacial score (nSPS) is 36.5. The molecule has 0 aromatic rings. The number of alkyl halides is 1. The Kier molecular flexibility index (Phi) is 3.22. The van der Waals surface area contributed by atoms with Crippen molar-refractivity contribution in [2.45, 2.75) is 31.3 Å². The fourth-order valence-corrected chi connectivity index (χ4v) is 1.54. The minimum absolute atomic E-state index is 0.120. The van der Waals surface area contributed by atoms with Crippen LogP contribution >= 0.6 is 23.2 Å². The van der Waals surface area contributed by atoms with Crippen LogP contribution in [0.5, 0.6) is 0 Å². The molecule has 1 rings (SSSR count). The molecule has 1 heterocycles. The lowest BCUT2D eigenvalue weighted by molar-refractivity contribution is 0.650. The molecule has 15 heavy (non-hydrogen) atoms. The van der Waals surface area contributed by atoms with E-state index in [4.69, 9.17) is 28.5 Å². The van der Waals surface area contributed by atoms with Crippen molar-refractivity contribution in [3.8, 4) is 6.07 Å². The lowest BCUT2D eigenvalue weighted by Crippen LogP contribution is -2.25. The second-order valence-electron chi connectivity index (χ2n) is 4.01. The number of hydrogen-bond acceptors (Lipinski definition) is 3. The highest BCUT2D eigenvalue weighted by Gasteiger charge is 2.24. The van der Waals surface area contributed by atoms with Gasteiger partial charge in [0.15, 0.2) is 5.00 Å². The largest absolute Gasteiger partial charge is 0.283 e. The van der Waals surface area contributed by atoms with Gasteiger partial charge in [0.25, 0.3) is 0 Å². The maximum absolute atomic E-state index is 8.90. The molecule has 1 aliphatic rings. The first-order valence-electron chi connectivity index (χ1n) is 4.40. The van der Waals surface area contributed by atoms with Crippen LogP contribution in [0, 0.1) is 11.3 Å². The molecule has 0 bridgehead atoms. The SMILES string of the molecule is CC1(C)/C=C(C#N)\C(Cl)=N/C(C)(Cl)C=N1. The zero-order valence-electron chi connectivity index (χ0n) is 8.75. The number of allylic oxidation sites excluding steroid dienone is 1. The highest BCUT2D eigenvalue weighted by molar-refractivity contribution is 6.70. The molecule has 80 valence electrons. The summed E-state index contributed by atoms with van der Waals surface area (Å²) >= 11 is 11.9. The molecule has 0 saturated heterocycles. The molecule has 1 atom stereocenters. The number of hydrogen-bond donors (Lipinski definition) is 0. The molecular weight excluding hydrogens is 233 g/mol. The van der Waals surface area contributed by atoms with E-state index in [9.17, 15) is 0 Å². The van der Waals surface area contributed by atoms with E-state index >= 15 is 0 Å². The van der Waals surface area contributed by atoms with Crippen LogP contribution in [0.4, 0.5) is 0 Å². The molecule has 0 aromatic carbocycles. The molecule has 0 aliphatic carbocycles. The minimum Gasteiger partial charge on any atom is -0.283 e. The Hall–Kier alpha value is -0.850. The Labute approximate surface area is 99.1 Å². The summed E-state index contributed by atoms with van der Waals surface area (Å²) in [7, 11) is 0. The molecule has 1 aliphatic heterocycles. The number of rotatable bonds is 0. The zero-order chi connectivity index (χ0) is 11.7. The van der Waals surface area contributed by atoms with Gasteiger partial charge in [-0.25, -0.2) is 4.99 Å². The second-order valence-corrected chi connectivity index (χ2v) is 5.13. The molecular formula is C10H11Cl2N3. The van der Waals surface area contributed by atoms with Crippen molar-refractivity contribution in [3.63, 3.8) is 0 Å². The predicted octanol–water partition coefficient (Wildman–Crippen LogP) is 2.89. The number of nitriles is 1. The molecule has 0 fully saturated rings. The highest BCUT2D eigenvalue weighted by Crippen LogP contribution is 2.24. The monoisotopic (exact) mass is 243 g/mol. The Bertz CT molecular complexity index is 397. The van der Waals surface area contributed by atoms with Crippen molar-refractivity contribution in [1.82, 2.24) is 0 Å². The molecule has 0 saturated carbocycles. The molecule has 0 amide bonds. The van der Waals surface area contributed by atoms with Crippen molar-refractivity contribution in [2.75, 3.05) is 0 Å². The third kappa shape index (κ3) is 3.33. The molecule has 0 N–H and O–H groups in total. The third-order valence-corrected chi connectivity index (χ3v) is 2.26. The maximum atomic E-state index is 8.90. The molecule has 3 nitrogen and oxygen atoms in total. The van der Waals surface area contributed by atoms with E-state index < -0.39 is 10.5 Å². The lowest BCUT2D eigenvalue weighted by Gasteiger charge is -2.21. The summed E-state index contributed by atoms with van der Waals surface area (Å²) in [5, 5.41) is 9.02. The standard InChI is InChI=1S/C10H11Cl2N3/c1-9(2)4-7(5-13)8(11)15-10(3,12)6-14-9/h4,6H,1-3H3/b7-4-,14-6?,15-8+. The second kappa shape index (κ2) is 3.96. The van der Waals surface area contributed by atoms with E-state index in [0.717, 1.165) is 0 Å². The summed E-state index contributed by atoms with van der Waals surface area (Å²) in [6.07, 6.45) is 3.20. The van der Waals surface area contributed by atoms with Crippen LogP contribution < -0.4 is 0 Å². The Morgan fingerprint density at radius 3 is 2.53 bits per heavy atom. The van der Waals surface area contributed by atoms with Gasteiger partial charge in [0, 0.05) is 6.21 Å². The number of halogens is 2. The van der Waals surface area contributed by atoms with Crippen LogP contribution in [0.1, 0.15) is 20.8 Å². The minimum atomic E-state index is -0.995. The van der Waals surface area contributed by atoms with Crippen molar-refractivity contribution in [2.24, 2.45) is 9.98 Å². The molecule has 0 aromatic heterocycles. The van der Waals surface area contributed by atoms with Crippen molar-refractivity contribution < 1.29 is 0 Å². The van der Waals surface area contributed by atoms with E-state index in [2.05, 4.69) is 9.98 Å². The van der Waals surface area contributed by atoms with E-state index in [0.29, 0.717) is 5.57 Å². The van der Waals surface area contributed by atoms with Gasteiger partial charge in [-0.3, -0.25) is 4.99 Å². The summed E-state index contributed by atoms with van der Waals surface area (Å²) in [6.45, 7) is 5.39. The van der Waals surface area contributed by atoms with Gasteiger partial charge in [-0.05, 0) is 26.8 Å². The fraction of sp³-hybridized carbons (Fsp3) is 0.500. The van der Waals surface area contributed by atoms with Crippen molar-refractivity contribution in [3.05, 3.63) is 11.6 Å². The van der Waals surface area contributed by atoms with Gasteiger partial charge in [-0.15, -0.1) is 0 Å². The van der Waals surface area contributed by atoms with E-state index in [1.165, 1.54) is 6.21 Å². The van der Waals surface area contributed by atoms with Crippen LogP contribution in [0.3, 0.4) is 0 Å². The van der Waals surface area contributed by atoms with Gasteiger partial charge in [-0.2, -0.15) is 5.26 Å². The van der Waals surface area contributed by atoms with E-state index in [1.54, 1.807) is 13.0 Å². The molecule has 0 radical (unpaired) electrons. The van der Waals surface area contributed by atoms with Gasteiger partial charge in [-0.1, -0.05) is 23.2 Å². The topological polar surface area (TPSA) is 48.5 Å². The van der Waals surface area contributed by atoms with Crippen LogP contribution in [0.2, 0.25) is 0 Å². The molecule has 1 unspecified atom stereocenters. The van der Waals surface area contributed by atoms with Crippen LogP contribution in [-0.2, 0) is 0 Å². The first-order chi connectivity index (χ1) is 6.76. The molecule has 5 heteroatoms. The molecule has 0 spiro atoms. The van der Waals surface area contributed by atoms with Crippen LogP contribution in [-0.4, -0.2) is 21.9 Å². The van der Waals surface area contributed by atoms with Gasteiger partial charge < -0.3 is 0 Å². The van der Waals surface area contributed by atoms with Crippen molar-refractivity contribution >= 4 is 34.6 Å². The smallest absolute Gasteiger partial charge is 0.167 e. The zero-order valence-corrected chi connectivity index (χ0v) is 10.3. The summed E-state index contributed by atoms with van der Waals surface area (Å²) in [5.41, 5.74) is -0.206. The van der Waals surface area contributed by atoms with Crippen LogP contribution in [0.15, 0.2) is 21.6 Å². The van der Waals surface area contributed by atoms with Gasteiger partial charge in [0.2, 0.25) is 0 Å². The first-order valence-corrected chi connectivity index (χ1v) is 5.15. The summed E-state index contributed by atoms with van der Waals surface area (Å²) < 4.78 is 0. The average molecular weight is 244 g/mol. The van der Waals surface area contributed by atoms with Gasteiger partial charge in [0.1, 0.15) is 11.2 Å². The highest BCUT2D eigenvalue weighted by atomic mass is 35.5. The van der Waals surface area contributed by atoms with Gasteiger partial charge in [0.05, 0.1) is 11.1 Å². The van der Waals surface area contributed by atoms with Crippen LogP contribution in [0.25, 0.3) is 0 Å². The third-order valence-electron chi connectivity index (χ3n) is 1.79. The first kappa shape index (κ1) is 12.2. The Morgan fingerprint density at radius 2 is 2.00 bits per heavy atom. The maximum Gasteiger partial charge on any atom is 0.167 e. The summed E-state index contributed by atoms with van der Waals surface area (Å²) in [5.74, 6) is 0. The Morgan fingerprint density at radius 1 is 1.40 bits per heavy atom. The van der Waals surface area contributed by atoms with E-state index in [-0.39, 0.29) is 5.17 Å². The predicted molar refractivity (Wildman–Crippen MR) is 63.8 cm³/mol. The van der Waals surface area contributed by atoms with Gasteiger partial charge >= 0.3 is 0 Å². The number of nitrogens with zero attached hydrogens (tertiary/aromatic N) is 3. The van der Waals surface area contributed by atoms with E-state index in [1.807, 2.05) is 19.9 Å². The fourth-order valence-electron chi connectivity index (χ4n) is 1.09.